The maximum atomic E-state index is 13.2. The summed E-state index contributed by atoms with van der Waals surface area (Å²) in [5.41, 5.74) is 2.48. The molecule has 10 heteroatoms. The van der Waals surface area contributed by atoms with Gasteiger partial charge < -0.3 is 18.5 Å². The van der Waals surface area contributed by atoms with Crippen LogP contribution in [0.15, 0.2) is 20.6 Å². The van der Waals surface area contributed by atoms with Gasteiger partial charge in [-0.15, -0.1) is 23.5 Å². The minimum Gasteiger partial charge on any atom is -0.493 e. The molecule has 2 aliphatic rings. The van der Waals surface area contributed by atoms with E-state index < -0.39 is 7.60 Å². The summed E-state index contributed by atoms with van der Waals surface area (Å²) in [7, 11) is 0.161. The normalized spacial score (nSPS) is 17.9. The Kier molecular flexibility index (Phi) is 7.87. The third-order valence-electron chi connectivity index (χ3n) is 3.88. The van der Waals surface area contributed by atoms with E-state index in [1.54, 1.807) is 61.3 Å². The average molecular weight is 467 g/mol. The van der Waals surface area contributed by atoms with E-state index in [0.29, 0.717) is 13.2 Å². The van der Waals surface area contributed by atoms with Crippen LogP contribution in [0.1, 0.15) is 25.0 Å². The van der Waals surface area contributed by atoms with Crippen molar-refractivity contribution in [2.45, 2.75) is 29.7 Å². The Morgan fingerprint density at radius 3 is 1.74 bits per heavy atom. The molecule has 3 rings (SSSR count). The molecule has 1 aromatic rings. The molecule has 0 aliphatic carbocycles. The van der Waals surface area contributed by atoms with Gasteiger partial charge in [0.15, 0.2) is 15.8 Å². The van der Waals surface area contributed by atoms with Gasteiger partial charge in [-0.1, -0.05) is 23.5 Å². The van der Waals surface area contributed by atoms with Crippen LogP contribution in [-0.4, -0.2) is 31.8 Å². The molecular weight excluding hydrogens is 443 g/mol. The number of thioether (sulfide) groups is 4. The lowest BCUT2D eigenvalue weighted by Crippen LogP contribution is -2.04. The molecule has 0 bridgehead atoms. The first kappa shape index (κ1) is 21.8. The number of benzene rings is 1. The van der Waals surface area contributed by atoms with Gasteiger partial charge in [0.2, 0.25) is 0 Å². The second kappa shape index (κ2) is 9.74. The first-order valence-corrected chi connectivity index (χ1v) is 13.8. The van der Waals surface area contributed by atoms with Crippen molar-refractivity contribution >= 4 is 54.6 Å². The van der Waals surface area contributed by atoms with Gasteiger partial charge in [-0.3, -0.25) is 4.57 Å². The van der Waals surface area contributed by atoms with E-state index in [1.165, 1.54) is 19.6 Å². The van der Waals surface area contributed by atoms with Gasteiger partial charge in [-0.05, 0) is 37.1 Å². The highest BCUT2D eigenvalue weighted by atomic mass is 32.3. The first-order chi connectivity index (χ1) is 13.0. The minimum atomic E-state index is -3.15. The highest BCUT2D eigenvalue weighted by molar-refractivity contribution is 8.40. The SMILES string of the molecule is CCOP(=O)(OCC)C1SC2=C(SCc3cc(OC)c(OC)cc3CS2)S1. The third kappa shape index (κ3) is 4.82. The molecule has 0 radical (unpaired) electrons. The quantitative estimate of drug-likeness (QED) is 0.428. The molecule has 5 nitrogen and oxygen atoms in total. The van der Waals surface area contributed by atoms with Crippen molar-refractivity contribution in [2.75, 3.05) is 27.4 Å². The smallest absolute Gasteiger partial charge is 0.354 e. The maximum Gasteiger partial charge on any atom is 0.354 e. The van der Waals surface area contributed by atoms with Crippen LogP contribution < -0.4 is 9.47 Å². The monoisotopic (exact) mass is 466 g/mol. The summed E-state index contributed by atoms with van der Waals surface area (Å²) in [6, 6.07) is 4.12. The average Bonchev–Trinajstić information content (AvgIpc) is 3.06. The third-order valence-corrected chi connectivity index (χ3v) is 13.3. The summed E-state index contributed by atoms with van der Waals surface area (Å²) in [5, 5.41) is 0. The van der Waals surface area contributed by atoms with Crippen LogP contribution in [0.5, 0.6) is 11.5 Å². The molecule has 150 valence electrons. The zero-order valence-electron chi connectivity index (χ0n) is 15.7. The summed E-state index contributed by atoms with van der Waals surface area (Å²) in [4.78, 5) is 0. The Bertz CT molecular complexity index is 713. The van der Waals surface area contributed by atoms with Crippen LogP contribution in [0, 0.1) is 0 Å². The van der Waals surface area contributed by atoms with Crippen LogP contribution in [0.3, 0.4) is 0 Å². The second-order valence-corrected chi connectivity index (χ2v) is 13.4. The summed E-state index contributed by atoms with van der Waals surface area (Å²) in [5.74, 6) is 3.17. The van der Waals surface area contributed by atoms with E-state index in [4.69, 9.17) is 18.5 Å². The van der Waals surface area contributed by atoms with Gasteiger partial charge in [0.25, 0.3) is 0 Å². The van der Waals surface area contributed by atoms with Crippen LogP contribution in [-0.2, 0) is 25.1 Å². The van der Waals surface area contributed by atoms with Crippen molar-refractivity contribution in [1.82, 2.24) is 0 Å². The summed E-state index contributed by atoms with van der Waals surface area (Å²) in [6.07, 6.45) is 0. The molecule has 1 aromatic carbocycles. The lowest BCUT2D eigenvalue weighted by molar-refractivity contribution is 0.223. The molecule has 2 heterocycles. The predicted octanol–water partition coefficient (Wildman–Crippen LogP) is 6.34. The lowest BCUT2D eigenvalue weighted by Gasteiger charge is -2.21. The Labute approximate surface area is 177 Å². The summed E-state index contributed by atoms with van der Waals surface area (Å²) < 4.78 is 37.3. The van der Waals surface area contributed by atoms with Gasteiger partial charge in [0.05, 0.1) is 35.9 Å². The zero-order valence-corrected chi connectivity index (χ0v) is 19.8. The number of hydrogen-bond acceptors (Lipinski definition) is 9. The van der Waals surface area contributed by atoms with Crippen molar-refractivity contribution < 1.29 is 23.1 Å². The van der Waals surface area contributed by atoms with Crippen LogP contribution in [0.2, 0.25) is 0 Å². The van der Waals surface area contributed by atoms with Gasteiger partial charge in [-0.2, -0.15) is 0 Å². The fourth-order valence-electron chi connectivity index (χ4n) is 2.66. The Hall–Kier alpha value is 0.110. The van der Waals surface area contributed by atoms with E-state index in [0.717, 1.165) is 23.0 Å². The van der Waals surface area contributed by atoms with Crippen molar-refractivity contribution in [3.8, 4) is 11.5 Å². The molecule has 0 amide bonds. The molecule has 0 saturated carbocycles. The number of hydrogen-bond donors (Lipinski definition) is 0. The van der Waals surface area contributed by atoms with Gasteiger partial charge in [0.1, 0.15) is 0 Å². The number of methoxy groups -OCH3 is 2. The molecule has 0 unspecified atom stereocenters. The molecule has 0 fully saturated rings. The number of ether oxygens (including phenoxy) is 2. The van der Waals surface area contributed by atoms with Crippen molar-refractivity contribution in [3.63, 3.8) is 0 Å². The summed E-state index contributed by atoms with van der Waals surface area (Å²) in [6.45, 7) is 4.45. The fraction of sp³-hybridized carbons (Fsp3) is 0.529. The van der Waals surface area contributed by atoms with Crippen molar-refractivity contribution in [2.24, 2.45) is 0 Å². The van der Waals surface area contributed by atoms with E-state index >= 15 is 0 Å². The Morgan fingerprint density at radius 2 is 1.37 bits per heavy atom. The van der Waals surface area contributed by atoms with E-state index in [1.807, 2.05) is 13.8 Å². The van der Waals surface area contributed by atoms with Gasteiger partial charge >= 0.3 is 7.60 Å². The van der Waals surface area contributed by atoms with E-state index in [2.05, 4.69) is 12.1 Å². The fourth-order valence-corrected chi connectivity index (χ4v) is 12.3. The molecule has 2 aliphatic heterocycles. The van der Waals surface area contributed by atoms with Crippen molar-refractivity contribution in [3.05, 3.63) is 31.7 Å². The van der Waals surface area contributed by atoms with Crippen LogP contribution in [0.4, 0.5) is 0 Å². The standard InChI is InChI=1S/C17H23O5PS4/c1-5-21-23(18,22-6-2)17-26-15-16(27-17)25-10-12-8-14(20-4)13(19-3)7-11(12)9-24-15/h7-8,17H,5-6,9-10H2,1-4H3. The van der Waals surface area contributed by atoms with E-state index in [-0.39, 0.29) is 4.32 Å². The molecule has 0 aromatic heterocycles. The highest BCUT2D eigenvalue weighted by Gasteiger charge is 2.43. The second-order valence-electron chi connectivity index (χ2n) is 5.55. The lowest BCUT2D eigenvalue weighted by atomic mass is 10.1. The Balaban J connectivity index is 1.79. The van der Waals surface area contributed by atoms with E-state index in [9.17, 15) is 4.57 Å². The Morgan fingerprint density at radius 1 is 0.926 bits per heavy atom. The molecule has 0 saturated heterocycles. The van der Waals surface area contributed by atoms with Gasteiger partial charge in [-0.25, -0.2) is 0 Å². The molecular formula is C17H23O5PS4. The van der Waals surface area contributed by atoms with Crippen LogP contribution in [0.25, 0.3) is 0 Å². The molecule has 0 spiro atoms. The largest absolute Gasteiger partial charge is 0.493 e. The molecule has 0 N–H and O–H groups in total. The molecule has 0 atom stereocenters. The topological polar surface area (TPSA) is 54.0 Å². The number of rotatable bonds is 7. The zero-order chi connectivity index (χ0) is 19.4. The first-order valence-electron chi connectivity index (χ1n) is 8.50. The van der Waals surface area contributed by atoms with Gasteiger partial charge in [0, 0.05) is 11.5 Å². The number of fused-ring (bicyclic) bond motifs is 1. The van der Waals surface area contributed by atoms with Crippen molar-refractivity contribution in [1.29, 1.82) is 0 Å². The highest BCUT2D eigenvalue weighted by Crippen LogP contribution is 2.70. The predicted molar refractivity (Wildman–Crippen MR) is 119 cm³/mol. The maximum absolute atomic E-state index is 13.2. The molecule has 27 heavy (non-hydrogen) atoms. The van der Waals surface area contributed by atoms with Crippen LogP contribution >= 0.6 is 54.6 Å². The minimum absolute atomic E-state index is 0.243. The summed E-state index contributed by atoms with van der Waals surface area (Å²) >= 11 is 6.77.